The lowest BCUT2D eigenvalue weighted by Crippen LogP contribution is -2.49. The van der Waals surface area contributed by atoms with Crippen LogP contribution in [-0.4, -0.2) is 42.8 Å². The van der Waals surface area contributed by atoms with Crippen LogP contribution in [0.15, 0.2) is 48.5 Å². The highest BCUT2D eigenvalue weighted by molar-refractivity contribution is 6.02. The Balaban J connectivity index is 1.32. The third-order valence-electron chi connectivity index (χ3n) is 5.66. The monoisotopic (exact) mass is 449 g/mol. The molecule has 9 nitrogen and oxygen atoms in total. The molecule has 3 amide bonds. The molecule has 5 N–H and O–H groups in total. The first-order chi connectivity index (χ1) is 15.9. The van der Waals surface area contributed by atoms with Crippen molar-refractivity contribution in [3.05, 3.63) is 54.1 Å². The van der Waals surface area contributed by atoms with Gasteiger partial charge in [-0.2, -0.15) is 0 Å². The van der Waals surface area contributed by atoms with Crippen LogP contribution in [0.5, 0.6) is 0 Å². The minimum Gasteiger partial charge on any atom is -0.384 e. The molecule has 2 fully saturated rings. The van der Waals surface area contributed by atoms with Crippen LogP contribution in [0.25, 0.3) is 0 Å². The maximum atomic E-state index is 12.9. The molecule has 4 rings (SSSR count). The first kappa shape index (κ1) is 22.5. The Bertz CT molecular complexity index is 1050. The molecule has 2 aromatic rings. The zero-order chi connectivity index (χ0) is 23.4. The molecule has 0 bridgehead atoms. The maximum Gasteiger partial charge on any atom is 0.256 e. The Morgan fingerprint density at radius 3 is 2.12 bits per heavy atom. The molecule has 2 aliphatic rings. The number of anilines is 3. The molecule has 1 saturated carbocycles. The molecule has 1 atom stereocenters. The fourth-order valence-electron chi connectivity index (χ4n) is 3.68. The van der Waals surface area contributed by atoms with Gasteiger partial charge in [0.15, 0.2) is 0 Å². The fourth-order valence-corrected chi connectivity index (χ4v) is 3.68. The van der Waals surface area contributed by atoms with E-state index in [2.05, 4.69) is 10.6 Å². The number of carbonyl (C=O) groups is 3. The number of amidine groups is 1. The highest BCUT2D eigenvalue weighted by Crippen LogP contribution is 2.32. The second-order valence-corrected chi connectivity index (χ2v) is 8.34. The van der Waals surface area contributed by atoms with Gasteiger partial charge in [0.2, 0.25) is 11.8 Å². The van der Waals surface area contributed by atoms with Gasteiger partial charge < -0.3 is 26.0 Å². The van der Waals surface area contributed by atoms with Gasteiger partial charge in [-0.05, 0) is 67.3 Å². The molecule has 172 valence electrons. The first-order valence-electron chi connectivity index (χ1n) is 11.0. The predicted octanol–water partition coefficient (Wildman–Crippen LogP) is 2.47. The summed E-state index contributed by atoms with van der Waals surface area (Å²) in [7, 11) is 0. The van der Waals surface area contributed by atoms with Crippen molar-refractivity contribution in [1.82, 2.24) is 0 Å². The van der Waals surface area contributed by atoms with Gasteiger partial charge in [0, 0.05) is 35.6 Å². The third-order valence-corrected chi connectivity index (χ3v) is 5.66. The Morgan fingerprint density at radius 2 is 1.55 bits per heavy atom. The van der Waals surface area contributed by atoms with Crippen molar-refractivity contribution in [3.8, 4) is 0 Å². The molecular formula is C24H27N5O4. The van der Waals surface area contributed by atoms with E-state index in [4.69, 9.17) is 15.9 Å². The summed E-state index contributed by atoms with van der Waals surface area (Å²) < 4.78 is 5.57. The van der Waals surface area contributed by atoms with Crippen molar-refractivity contribution < 1.29 is 19.1 Å². The zero-order valence-corrected chi connectivity index (χ0v) is 18.2. The van der Waals surface area contributed by atoms with E-state index in [1.54, 1.807) is 53.4 Å². The lowest BCUT2D eigenvalue weighted by molar-refractivity contribution is -0.137. The van der Waals surface area contributed by atoms with Crippen LogP contribution < -0.4 is 21.3 Å². The molecule has 9 heteroatoms. The quantitative estimate of drug-likeness (QED) is 0.362. The second-order valence-electron chi connectivity index (χ2n) is 8.34. The van der Waals surface area contributed by atoms with Crippen LogP contribution >= 0.6 is 0 Å². The molecule has 33 heavy (non-hydrogen) atoms. The highest BCUT2D eigenvalue weighted by Gasteiger charge is 2.32. The van der Waals surface area contributed by atoms with E-state index in [-0.39, 0.29) is 30.0 Å². The highest BCUT2D eigenvalue weighted by atomic mass is 16.5. The number of morpholine rings is 1. The molecule has 1 aliphatic heterocycles. The third kappa shape index (κ3) is 5.95. The minimum absolute atomic E-state index is 0.00899. The van der Waals surface area contributed by atoms with Crippen molar-refractivity contribution in [2.24, 2.45) is 11.7 Å². The summed E-state index contributed by atoms with van der Waals surface area (Å²) in [4.78, 5) is 39.0. The first-order valence-corrected chi connectivity index (χ1v) is 11.0. The summed E-state index contributed by atoms with van der Waals surface area (Å²) >= 11 is 0. The van der Waals surface area contributed by atoms with Crippen molar-refractivity contribution in [3.63, 3.8) is 0 Å². The number of hydrogen-bond donors (Lipinski definition) is 4. The van der Waals surface area contributed by atoms with E-state index in [1.807, 2.05) is 0 Å². The molecular weight excluding hydrogens is 422 g/mol. The Hall–Kier alpha value is -3.72. The van der Waals surface area contributed by atoms with Gasteiger partial charge in [0.05, 0.1) is 13.0 Å². The fraction of sp³-hybridized carbons (Fsp3) is 0.333. The molecule has 2 aromatic carbocycles. The lowest BCUT2D eigenvalue weighted by Gasteiger charge is -2.32. The van der Waals surface area contributed by atoms with Gasteiger partial charge in [-0.3, -0.25) is 19.8 Å². The van der Waals surface area contributed by atoms with Gasteiger partial charge in [0.25, 0.3) is 5.91 Å². The Morgan fingerprint density at radius 1 is 0.970 bits per heavy atom. The molecule has 0 spiro atoms. The van der Waals surface area contributed by atoms with E-state index in [1.165, 1.54) is 0 Å². The Kier molecular flexibility index (Phi) is 6.69. The van der Waals surface area contributed by atoms with Crippen LogP contribution in [0.4, 0.5) is 17.1 Å². The number of nitrogens with zero attached hydrogens (tertiary/aromatic N) is 1. The zero-order valence-electron chi connectivity index (χ0n) is 18.2. The standard InChI is InChI=1S/C24H27N5O4/c25-23(26)16-3-5-17(6-4-16)28-22(31)14-20-24(32)29(11-12-33-20)19-9-7-18(8-10-19)27-21(30)13-15-1-2-15/h3-10,15,20H,1-2,11-14H2,(H3,25,26)(H,27,30)(H,28,31)/t20-/m1/s1. The average molecular weight is 450 g/mol. The second kappa shape index (κ2) is 9.83. The molecule has 1 heterocycles. The SMILES string of the molecule is N=C(N)c1ccc(NC(=O)C[C@H]2OCCN(c3ccc(NC(=O)CC4CC4)cc3)C2=O)cc1. The van der Waals surface area contributed by atoms with E-state index < -0.39 is 6.10 Å². The maximum absolute atomic E-state index is 12.9. The molecule has 0 radical (unpaired) electrons. The van der Waals surface area contributed by atoms with E-state index in [9.17, 15) is 14.4 Å². The van der Waals surface area contributed by atoms with Gasteiger partial charge >= 0.3 is 0 Å². The number of hydrogen-bond acceptors (Lipinski definition) is 5. The van der Waals surface area contributed by atoms with Crippen molar-refractivity contribution in [2.75, 3.05) is 28.7 Å². The van der Waals surface area contributed by atoms with E-state index in [0.29, 0.717) is 48.1 Å². The van der Waals surface area contributed by atoms with Crippen molar-refractivity contribution in [2.45, 2.75) is 31.8 Å². The number of benzene rings is 2. The number of amides is 3. The van der Waals surface area contributed by atoms with Gasteiger partial charge in [-0.15, -0.1) is 0 Å². The molecule has 0 unspecified atom stereocenters. The van der Waals surface area contributed by atoms with E-state index in [0.717, 1.165) is 12.8 Å². The van der Waals surface area contributed by atoms with Crippen LogP contribution in [0.3, 0.4) is 0 Å². The van der Waals surface area contributed by atoms with Gasteiger partial charge in [-0.25, -0.2) is 0 Å². The summed E-state index contributed by atoms with van der Waals surface area (Å²) in [5.74, 6) is -0.157. The lowest BCUT2D eigenvalue weighted by atomic mass is 10.1. The van der Waals surface area contributed by atoms with Crippen molar-refractivity contribution >= 4 is 40.6 Å². The molecule has 1 aliphatic carbocycles. The topological polar surface area (TPSA) is 138 Å². The summed E-state index contributed by atoms with van der Waals surface area (Å²) in [6, 6.07) is 13.7. The predicted molar refractivity (Wildman–Crippen MR) is 125 cm³/mol. The summed E-state index contributed by atoms with van der Waals surface area (Å²) in [5.41, 5.74) is 7.92. The van der Waals surface area contributed by atoms with Gasteiger partial charge in [0.1, 0.15) is 11.9 Å². The summed E-state index contributed by atoms with van der Waals surface area (Å²) in [6.07, 6.45) is 1.80. The largest absolute Gasteiger partial charge is 0.384 e. The minimum atomic E-state index is -0.881. The van der Waals surface area contributed by atoms with Crippen molar-refractivity contribution in [1.29, 1.82) is 5.41 Å². The molecule has 1 saturated heterocycles. The van der Waals surface area contributed by atoms with Crippen LogP contribution in [0, 0.1) is 11.3 Å². The number of rotatable bonds is 8. The summed E-state index contributed by atoms with van der Waals surface area (Å²) in [5, 5.41) is 13.0. The molecule has 0 aromatic heterocycles. The smallest absolute Gasteiger partial charge is 0.256 e. The number of nitrogens with one attached hydrogen (secondary N) is 3. The number of carbonyl (C=O) groups excluding carboxylic acids is 3. The van der Waals surface area contributed by atoms with E-state index >= 15 is 0 Å². The van der Waals surface area contributed by atoms with Crippen LogP contribution in [0.1, 0.15) is 31.2 Å². The van der Waals surface area contributed by atoms with Crippen LogP contribution in [0.2, 0.25) is 0 Å². The number of nitrogens with two attached hydrogens (primary N) is 1. The van der Waals surface area contributed by atoms with Gasteiger partial charge in [-0.1, -0.05) is 0 Å². The Labute approximate surface area is 191 Å². The summed E-state index contributed by atoms with van der Waals surface area (Å²) in [6.45, 7) is 0.702. The number of ether oxygens (including phenoxy) is 1. The number of nitrogen functional groups attached to an aromatic ring is 1. The normalized spacial score (nSPS) is 18.0. The van der Waals surface area contributed by atoms with Crippen LogP contribution in [-0.2, 0) is 19.1 Å². The average Bonchev–Trinajstić information content (AvgIpc) is 3.60.